The van der Waals surface area contributed by atoms with Crippen LogP contribution >= 0.6 is 11.3 Å². The zero-order valence-electron chi connectivity index (χ0n) is 20.4. The van der Waals surface area contributed by atoms with Gasteiger partial charge in [0.1, 0.15) is 34.5 Å². The molecule has 0 saturated heterocycles. The Morgan fingerprint density at radius 1 is 0.780 bits per heavy atom. The highest BCUT2D eigenvalue weighted by atomic mass is 32.1. The summed E-state index contributed by atoms with van der Waals surface area (Å²) in [6.45, 7) is 1.78. The number of nitrogens with zero attached hydrogens (tertiary/aromatic N) is 1. The van der Waals surface area contributed by atoms with Gasteiger partial charge in [-0.1, -0.05) is 6.07 Å². The topological polar surface area (TPSA) is 48.4 Å². The lowest BCUT2D eigenvalue weighted by Gasteiger charge is -2.16. The molecule has 0 unspecified atom stereocenters. The molecule has 1 heterocycles. The van der Waals surface area contributed by atoms with E-state index in [0.29, 0.717) is 51.9 Å². The number of thiazole rings is 1. The number of ether oxygens (including phenoxy) is 2. The monoisotopic (exact) mass is 595 g/mol. The van der Waals surface area contributed by atoms with Crippen molar-refractivity contribution >= 4 is 27.5 Å². The first-order valence-corrected chi connectivity index (χ1v) is 12.2. The molecule has 4 nitrogen and oxygen atoms in total. The van der Waals surface area contributed by atoms with Crippen molar-refractivity contribution < 1.29 is 49.4 Å². The highest BCUT2D eigenvalue weighted by molar-refractivity contribution is 7.18. The molecule has 0 saturated carbocycles. The fourth-order valence-electron chi connectivity index (χ4n) is 3.81. The molecule has 0 bridgehead atoms. The summed E-state index contributed by atoms with van der Waals surface area (Å²) in [5.41, 5.74) is -0.978. The number of alkyl halides is 2. The Kier molecular flexibility index (Phi) is 7.15. The molecule has 0 fully saturated rings. The Balaban J connectivity index is 1.37. The first-order chi connectivity index (χ1) is 19.3. The van der Waals surface area contributed by atoms with E-state index in [2.05, 4.69) is 14.5 Å². The number of hydrogen-bond acceptors (Lipinski definition) is 5. The Morgan fingerprint density at radius 2 is 1.41 bits per heavy atom. The molecule has 5 aromatic rings. The van der Waals surface area contributed by atoms with Crippen molar-refractivity contribution in [3.8, 4) is 22.6 Å². The summed E-state index contributed by atoms with van der Waals surface area (Å²) in [6.07, 6.45) is -3.93. The van der Waals surface area contributed by atoms with Crippen LogP contribution in [0.3, 0.4) is 0 Å². The number of aromatic nitrogens is 1. The van der Waals surface area contributed by atoms with Crippen molar-refractivity contribution in [1.82, 2.24) is 4.98 Å². The van der Waals surface area contributed by atoms with Crippen molar-refractivity contribution in [2.45, 2.75) is 13.0 Å². The Bertz CT molecular complexity index is 1790. The molecule has 0 aliphatic carbocycles. The lowest BCUT2D eigenvalue weighted by molar-refractivity contribution is -0.185. The minimum atomic E-state index is -3.93. The average Bonchev–Trinajstić information content (AvgIpc) is 3.31. The van der Waals surface area contributed by atoms with Crippen LogP contribution in [0.5, 0.6) is 11.5 Å². The molecule has 0 aliphatic rings. The summed E-state index contributed by atoms with van der Waals surface area (Å²) in [5, 5.41) is -0.666. The van der Waals surface area contributed by atoms with Crippen molar-refractivity contribution in [2.24, 2.45) is 0 Å². The lowest BCUT2D eigenvalue weighted by Crippen LogP contribution is -2.21. The van der Waals surface area contributed by atoms with Gasteiger partial charge in [-0.25, -0.2) is 36.1 Å². The average molecular weight is 595 g/mol. The maximum absolute atomic E-state index is 14.9. The number of carbonyl (C=O) groups is 1. The van der Waals surface area contributed by atoms with Crippen LogP contribution in [0.15, 0.2) is 60.7 Å². The summed E-state index contributed by atoms with van der Waals surface area (Å²) in [4.78, 5) is 16.1. The van der Waals surface area contributed by atoms with Crippen LogP contribution in [0.1, 0.15) is 20.9 Å². The molecular weight excluding hydrogens is 582 g/mol. The third kappa shape index (κ3) is 5.57. The van der Waals surface area contributed by atoms with Crippen LogP contribution in [0.4, 0.5) is 35.1 Å². The highest BCUT2D eigenvalue weighted by Crippen LogP contribution is 2.38. The summed E-state index contributed by atoms with van der Waals surface area (Å²) in [7, 11) is 0. The van der Waals surface area contributed by atoms with Crippen molar-refractivity contribution in [3.63, 3.8) is 0 Å². The second kappa shape index (κ2) is 10.5. The third-order valence-electron chi connectivity index (χ3n) is 5.70. The van der Waals surface area contributed by atoms with Gasteiger partial charge >= 0.3 is 12.1 Å². The van der Waals surface area contributed by atoms with Gasteiger partial charge in [-0.2, -0.15) is 8.78 Å². The molecule has 4 aromatic carbocycles. The van der Waals surface area contributed by atoms with Crippen LogP contribution in [-0.2, 0) is 6.11 Å². The van der Waals surface area contributed by atoms with Crippen LogP contribution in [0, 0.1) is 41.8 Å². The summed E-state index contributed by atoms with van der Waals surface area (Å²) >= 11 is 0.696. The molecule has 13 heteroatoms. The van der Waals surface area contributed by atoms with Gasteiger partial charge in [-0.05, 0) is 54.4 Å². The molecule has 210 valence electrons. The molecule has 41 heavy (non-hydrogen) atoms. The maximum atomic E-state index is 14.9. The molecular formula is C28H13F8NO3S. The number of hydrogen-bond donors (Lipinski definition) is 0. The highest BCUT2D eigenvalue weighted by Gasteiger charge is 2.39. The SMILES string of the molecule is Cc1ccc2nc(C(F)(F)Oc3ccc(-c4cc(F)c(C(=O)Oc5cc(F)c(F)c(F)c5)c(F)c4)c(F)c3)sc2c1. The third-order valence-corrected chi connectivity index (χ3v) is 6.77. The normalized spacial score (nSPS) is 11.6. The van der Waals surface area contributed by atoms with Gasteiger partial charge in [0.25, 0.3) is 0 Å². The van der Waals surface area contributed by atoms with E-state index >= 15 is 0 Å². The fourth-order valence-corrected chi connectivity index (χ4v) is 4.79. The fraction of sp³-hybridized carbons (Fsp3) is 0.0714. The van der Waals surface area contributed by atoms with Gasteiger partial charge in [-0.3, -0.25) is 0 Å². The number of benzene rings is 4. The Morgan fingerprint density at radius 3 is 2.05 bits per heavy atom. The van der Waals surface area contributed by atoms with Gasteiger partial charge in [0.15, 0.2) is 17.5 Å². The molecule has 0 radical (unpaired) electrons. The minimum absolute atomic E-state index is 0.292. The molecule has 0 amide bonds. The first-order valence-electron chi connectivity index (χ1n) is 11.4. The van der Waals surface area contributed by atoms with E-state index in [1.54, 1.807) is 25.1 Å². The van der Waals surface area contributed by atoms with E-state index in [-0.39, 0.29) is 0 Å². The number of aryl methyl sites for hydroxylation is 1. The second-order valence-corrected chi connectivity index (χ2v) is 9.69. The van der Waals surface area contributed by atoms with Crippen molar-refractivity contribution in [2.75, 3.05) is 0 Å². The molecule has 0 N–H and O–H groups in total. The molecule has 0 aliphatic heterocycles. The molecule has 0 spiro atoms. The number of esters is 1. The number of halogens is 8. The van der Waals surface area contributed by atoms with E-state index in [1.807, 2.05) is 0 Å². The number of carbonyl (C=O) groups excluding carboxylic acids is 1. The van der Waals surface area contributed by atoms with Crippen LogP contribution < -0.4 is 9.47 Å². The largest absolute Gasteiger partial charge is 0.454 e. The van der Waals surface area contributed by atoms with Crippen LogP contribution in [0.2, 0.25) is 0 Å². The quantitative estimate of drug-likeness (QED) is 0.0856. The standard InChI is InChI=1S/C28H13F8NO3S/c1-12-2-5-22-23(6-12)41-27(37-22)28(35,36)40-14-3-4-16(17(29)9-14)13-7-18(30)24(19(31)8-13)26(38)39-15-10-20(32)25(34)21(33)11-15/h2-11H,1H3. The zero-order valence-corrected chi connectivity index (χ0v) is 21.2. The minimum Gasteiger partial charge on any atom is -0.427 e. The molecule has 0 atom stereocenters. The Hall–Kier alpha value is -4.52. The first kappa shape index (κ1) is 28.0. The number of rotatable bonds is 6. The predicted molar refractivity (Wildman–Crippen MR) is 132 cm³/mol. The van der Waals surface area contributed by atoms with E-state index < -0.39 is 80.2 Å². The van der Waals surface area contributed by atoms with Crippen LogP contribution in [-0.4, -0.2) is 11.0 Å². The smallest absolute Gasteiger partial charge is 0.427 e. The van der Waals surface area contributed by atoms with Gasteiger partial charge in [0.2, 0.25) is 5.01 Å². The Labute approximate surface area is 229 Å². The lowest BCUT2D eigenvalue weighted by atomic mass is 10.0. The van der Waals surface area contributed by atoms with E-state index in [4.69, 9.17) is 0 Å². The predicted octanol–water partition coefficient (Wildman–Crippen LogP) is 8.45. The van der Waals surface area contributed by atoms with E-state index in [1.165, 1.54) is 0 Å². The van der Waals surface area contributed by atoms with Gasteiger partial charge in [0.05, 0.1) is 10.2 Å². The molecule has 5 rings (SSSR count). The van der Waals surface area contributed by atoms with Crippen molar-refractivity contribution in [3.05, 3.63) is 112 Å². The zero-order chi connectivity index (χ0) is 29.6. The molecule has 1 aromatic heterocycles. The second-order valence-electron chi connectivity index (χ2n) is 8.66. The van der Waals surface area contributed by atoms with Crippen LogP contribution in [0.25, 0.3) is 21.3 Å². The van der Waals surface area contributed by atoms with Gasteiger partial charge in [-0.15, -0.1) is 11.3 Å². The van der Waals surface area contributed by atoms with E-state index in [9.17, 15) is 39.9 Å². The number of fused-ring (bicyclic) bond motifs is 1. The van der Waals surface area contributed by atoms with Gasteiger partial charge in [0, 0.05) is 23.8 Å². The maximum Gasteiger partial charge on any atom is 0.454 e. The summed E-state index contributed by atoms with van der Waals surface area (Å²) in [5.74, 6) is -12.7. The van der Waals surface area contributed by atoms with Gasteiger partial charge < -0.3 is 9.47 Å². The summed E-state index contributed by atoms with van der Waals surface area (Å²) in [6, 6.07) is 9.10. The van der Waals surface area contributed by atoms with E-state index in [0.717, 1.165) is 17.7 Å². The van der Waals surface area contributed by atoms with Crippen molar-refractivity contribution in [1.29, 1.82) is 0 Å². The summed E-state index contributed by atoms with van der Waals surface area (Å²) < 4.78 is 123.